The van der Waals surface area contributed by atoms with Crippen LogP contribution in [-0.4, -0.2) is 20.9 Å². The highest BCUT2D eigenvalue weighted by Crippen LogP contribution is 2.02. The van der Waals surface area contributed by atoms with Gasteiger partial charge in [-0.3, -0.25) is 14.8 Å². The van der Waals surface area contributed by atoms with Crippen molar-refractivity contribution in [3.05, 3.63) is 59.2 Å². The van der Waals surface area contributed by atoms with Gasteiger partial charge in [-0.15, -0.1) is 0 Å². The Hall–Kier alpha value is -2.34. The monoisotopic (exact) mass is 286 g/mol. The number of amides is 1. The molecule has 0 atom stereocenters. The molecule has 0 radical (unpaired) electrons. The average molecular weight is 286 g/mol. The van der Waals surface area contributed by atoms with Crippen molar-refractivity contribution < 1.29 is 4.79 Å². The second-order valence-corrected chi connectivity index (χ2v) is 4.69. The molecule has 0 saturated carbocycles. The lowest BCUT2D eigenvalue weighted by Gasteiger charge is -2.05. The number of hydrogen-bond donors (Lipinski definition) is 2. The number of aromatic nitrogens is 2. The zero-order valence-electron chi connectivity index (χ0n) is 11.0. The standard InChI is InChI=1S/C14H14N4OS/c1-9-3-2-4-11(18-9)8-17-14(19)12-6-5-10(7-16-12)13(15)20/h2-7H,8H2,1H3,(H2,15,20)(H,17,19). The molecule has 102 valence electrons. The van der Waals surface area contributed by atoms with E-state index >= 15 is 0 Å². The molecule has 20 heavy (non-hydrogen) atoms. The van der Waals surface area contributed by atoms with Gasteiger partial charge in [0.25, 0.3) is 5.91 Å². The number of carbonyl (C=O) groups excluding carboxylic acids is 1. The number of nitrogens with two attached hydrogens (primary N) is 1. The highest BCUT2D eigenvalue weighted by Gasteiger charge is 2.07. The predicted octanol–water partition coefficient (Wildman–Crippen LogP) is 1.35. The molecule has 0 unspecified atom stereocenters. The average Bonchev–Trinajstić information content (AvgIpc) is 2.45. The van der Waals surface area contributed by atoms with Crippen molar-refractivity contribution in [2.24, 2.45) is 5.73 Å². The molecule has 6 heteroatoms. The van der Waals surface area contributed by atoms with Crippen molar-refractivity contribution in [1.29, 1.82) is 0 Å². The molecule has 0 aliphatic rings. The summed E-state index contributed by atoms with van der Waals surface area (Å²) in [6, 6.07) is 8.93. The van der Waals surface area contributed by atoms with Gasteiger partial charge in [-0.1, -0.05) is 18.3 Å². The smallest absolute Gasteiger partial charge is 0.270 e. The lowest BCUT2D eigenvalue weighted by atomic mass is 10.2. The molecular weight excluding hydrogens is 272 g/mol. The summed E-state index contributed by atoms with van der Waals surface area (Å²) < 4.78 is 0. The van der Waals surface area contributed by atoms with Crippen molar-refractivity contribution in [2.75, 3.05) is 0 Å². The van der Waals surface area contributed by atoms with Crippen LogP contribution in [0.4, 0.5) is 0 Å². The SMILES string of the molecule is Cc1cccc(CNC(=O)c2ccc(C(N)=S)cn2)n1. The number of carbonyl (C=O) groups is 1. The lowest BCUT2D eigenvalue weighted by Crippen LogP contribution is -2.24. The minimum Gasteiger partial charge on any atom is -0.389 e. The molecule has 0 aliphatic carbocycles. The Balaban J connectivity index is 1.99. The first-order valence-corrected chi connectivity index (χ1v) is 6.43. The maximum atomic E-state index is 11.9. The molecule has 1 amide bonds. The first kappa shape index (κ1) is 14.1. The fraction of sp³-hybridized carbons (Fsp3) is 0.143. The van der Waals surface area contributed by atoms with E-state index in [1.54, 1.807) is 12.1 Å². The Labute approximate surface area is 122 Å². The fourth-order valence-electron chi connectivity index (χ4n) is 1.63. The summed E-state index contributed by atoms with van der Waals surface area (Å²) >= 11 is 4.83. The van der Waals surface area contributed by atoms with Crippen LogP contribution in [0.3, 0.4) is 0 Å². The van der Waals surface area contributed by atoms with E-state index in [0.29, 0.717) is 17.8 Å². The summed E-state index contributed by atoms with van der Waals surface area (Å²) in [5, 5.41) is 2.76. The summed E-state index contributed by atoms with van der Waals surface area (Å²) in [5.41, 5.74) is 8.14. The van der Waals surface area contributed by atoms with Crippen molar-refractivity contribution in [3.63, 3.8) is 0 Å². The molecular formula is C14H14N4OS. The minimum atomic E-state index is -0.261. The Morgan fingerprint density at radius 2 is 2.15 bits per heavy atom. The summed E-state index contributed by atoms with van der Waals surface area (Å²) in [7, 11) is 0. The highest BCUT2D eigenvalue weighted by molar-refractivity contribution is 7.80. The summed E-state index contributed by atoms with van der Waals surface area (Å²) in [6.07, 6.45) is 1.49. The van der Waals surface area contributed by atoms with Crippen molar-refractivity contribution in [3.8, 4) is 0 Å². The van der Waals surface area contributed by atoms with Gasteiger partial charge in [0, 0.05) is 17.5 Å². The van der Waals surface area contributed by atoms with E-state index < -0.39 is 0 Å². The first-order chi connectivity index (χ1) is 9.56. The van der Waals surface area contributed by atoms with Gasteiger partial charge in [-0.25, -0.2) is 0 Å². The second-order valence-electron chi connectivity index (χ2n) is 4.25. The molecule has 5 nitrogen and oxygen atoms in total. The molecule has 2 heterocycles. The number of pyridine rings is 2. The number of hydrogen-bond acceptors (Lipinski definition) is 4. The number of thiocarbonyl (C=S) groups is 1. The molecule has 2 aromatic rings. The normalized spacial score (nSPS) is 10.1. The van der Waals surface area contributed by atoms with Gasteiger partial charge >= 0.3 is 0 Å². The van der Waals surface area contributed by atoms with E-state index in [1.165, 1.54) is 6.20 Å². The third-order valence-corrected chi connectivity index (χ3v) is 2.89. The second kappa shape index (κ2) is 6.21. The zero-order chi connectivity index (χ0) is 14.5. The molecule has 3 N–H and O–H groups in total. The van der Waals surface area contributed by atoms with Crippen LogP contribution in [0.15, 0.2) is 36.5 Å². The van der Waals surface area contributed by atoms with Crippen LogP contribution >= 0.6 is 12.2 Å². The quantitative estimate of drug-likeness (QED) is 0.829. The summed E-state index contributed by atoms with van der Waals surface area (Å²) in [4.78, 5) is 20.5. The third-order valence-electron chi connectivity index (χ3n) is 2.66. The predicted molar refractivity (Wildman–Crippen MR) is 80.3 cm³/mol. The fourth-order valence-corrected chi connectivity index (χ4v) is 1.75. The van der Waals surface area contributed by atoms with E-state index in [4.69, 9.17) is 18.0 Å². The highest BCUT2D eigenvalue weighted by atomic mass is 32.1. The van der Waals surface area contributed by atoms with Crippen LogP contribution in [0, 0.1) is 6.92 Å². The largest absolute Gasteiger partial charge is 0.389 e. The van der Waals surface area contributed by atoms with Crippen LogP contribution in [0.1, 0.15) is 27.4 Å². The first-order valence-electron chi connectivity index (χ1n) is 6.03. The zero-order valence-corrected chi connectivity index (χ0v) is 11.8. The maximum absolute atomic E-state index is 11.9. The maximum Gasteiger partial charge on any atom is 0.270 e. The van der Waals surface area contributed by atoms with Gasteiger partial charge in [0.15, 0.2) is 0 Å². The number of aryl methyl sites for hydroxylation is 1. The molecule has 2 aromatic heterocycles. The molecule has 0 aromatic carbocycles. The molecule has 0 saturated heterocycles. The molecule has 0 spiro atoms. The van der Waals surface area contributed by atoms with Crippen LogP contribution in [0.5, 0.6) is 0 Å². The van der Waals surface area contributed by atoms with Gasteiger partial charge in [-0.2, -0.15) is 0 Å². The van der Waals surface area contributed by atoms with Crippen LogP contribution < -0.4 is 11.1 Å². The van der Waals surface area contributed by atoms with Gasteiger partial charge in [0.1, 0.15) is 10.7 Å². The molecule has 0 aliphatic heterocycles. The van der Waals surface area contributed by atoms with Gasteiger partial charge in [-0.05, 0) is 31.2 Å². The number of nitrogens with one attached hydrogen (secondary N) is 1. The van der Waals surface area contributed by atoms with E-state index in [0.717, 1.165) is 11.4 Å². The summed E-state index contributed by atoms with van der Waals surface area (Å²) in [5.74, 6) is -0.261. The summed E-state index contributed by atoms with van der Waals surface area (Å²) in [6.45, 7) is 2.26. The van der Waals surface area contributed by atoms with E-state index in [-0.39, 0.29) is 10.9 Å². The Bertz CT molecular complexity index is 640. The number of nitrogens with zero attached hydrogens (tertiary/aromatic N) is 2. The van der Waals surface area contributed by atoms with Crippen molar-refractivity contribution >= 4 is 23.1 Å². The molecule has 0 fully saturated rings. The molecule has 0 bridgehead atoms. The Morgan fingerprint density at radius 3 is 2.75 bits per heavy atom. The van der Waals surface area contributed by atoms with Gasteiger partial charge in [0.05, 0.1) is 12.2 Å². The van der Waals surface area contributed by atoms with E-state index in [9.17, 15) is 4.79 Å². The van der Waals surface area contributed by atoms with Crippen LogP contribution in [0.25, 0.3) is 0 Å². The lowest BCUT2D eigenvalue weighted by molar-refractivity contribution is 0.0945. The van der Waals surface area contributed by atoms with Crippen LogP contribution in [0.2, 0.25) is 0 Å². The minimum absolute atomic E-state index is 0.258. The van der Waals surface area contributed by atoms with Crippen LogP contribution in [-0.2, 0) is 6.54 Å². The number of rotatable bonds is 4. The molecule has 2 rings (SSSR count). The Morgan fingerprint density at radius 1 is 1.35 bits per heavy atom. The van der Waals surface area contributed by atoms with Crippen molar-refractivity contribution in [1.82, 2.24) is 15.3 Å². The topological polar surface area (TPSA) is 80.9 Å². The van der Waals surface area contributed by atoms with E-state index in [2.05, 4.69) is 15.3 Å². The van der Waals surface area contributed by atoms with Crippen molar-refractivity contribution in [2.45, 2.75) is 13.5 Å². The van der Waals surface area contributed by atoms with Gasteiger partial charge in [0.2, 0.25) is 0 Å². The third kappa shape index (κ3) is 3.58. The Kier molecular flexibility index (Phi) is 4.37. The van der Waals surface area contributed by atoms with E-state index in [1.807, 2.05) is 25.1 Å². The van der Waals surface area contributed by atoms with Gasteiger partial charge < -0.3 is 11.1 Å².